The van der Waals surface area contributed by atoms with Crippen molar-refractivity contribution in [2.75, 3.05) is 0 Å². The van der Waals surface area contributed by atoms with Gasteiger partial charge < -0.3 is 15.4 Å². The summed E-state index contributed by atoms with van der Waals surface area (Å²) in [5, 5.41) is 6.12. The summed E-state index contributed by atoms with van der Waals surface area (Å²) in [5.41, 5.74) is 2.09. The first-order valence-corrected chi connectivity index (χ1v) is 9.99. The highest BCUT2D eigenvalue weighted by atomic mass is 16.5. The van der Waals surface area contributed by atoms with E-state index >= 15 is 0 Å². The Morgan fingerprint density at radius 1 is 1.07 bits per heavy atom. The van der Waals surface area contributed by atoms with Crippen molar-refractivity contribution < 1.29 is 9.53 Å². The fraction of sp³-hybridized carbons (Fsp3) is 0.455. The molecule has 2 saturated carbocycles. The Kier molecular flexibility index (Phi) is 5.56. The Bertz CT molecular complexity index is 755. The number of amides is 2. The van der Waals surface area contributed by atoms with E-state index in [-0.39, 0.29) is 18.2 Å². The fourth-order valence-corrected chi connectivity index (χ4v) is 3.76. The summed E-state index contributed by atoms with van der Waals surface area (Å²) >= 11 is 0. The zero-order valence-electron chi connectivity index (χ0n) is 15.6. The number of benzene rings is 1. The first-order chi connectivity index (χ1) is 13.3. The molecule has 2 aliphatic rings. The van der Waals surface area contributed by atoms with Gasteiger partial charge in [0.15, 0.2) is 0 Å². The Labute approximate surface area is 160 Å². The second-order valence-electron chi connectivity index (χ2n) is 7.54. The molecule has 0 saturated heterocycles. The SMILES string of the molecule is O=C(NCc1cccnc1OC1CCCC1)NC(c1ccccc1)C1CC1. The number of carbonyl (C=O) groups is 1. The molecule has 2 aromatic rings. The van der Waals surface area contributed by atoms with E-state index in [2.05, 4.69) is 27.8 Å². The van der Waals surface area contributed by atoms with Crippen LogP contribution >= 0.6 is 0 Å². The molecule has 5 heteroatoms. The van der Waals surface area contributed by atoms with Gasteiger partial charge in [0.1, 0.15) is 6.10 Å². The number of nitrogens with zero attached hydrogens (tertiary/aromatic N) is 1. The number of ether oxygens (including phenoxy) is 1. The zero-order chi connectivity index (χ0) is 18.5. The van der Waals surface area contributed by atoms with Gasteiger partial charge in [-0.15, -0.1) is 0 Å². The molecule has 1 unspecified atom stereocenters. The van der Waals surface area contributed by atoms with Crippen molar-refractivity contribution in [2.24, 2.45) is 5.92 Å². The van der Waals surface area contributed by atoms with Crippen LogP contribution in [0.15, 0.2) is 48.7 Å². The smallest absolute Gasteiger partial charge is 0.315 e. The number of aromatic nitrogens is 1. The van der Waals surface area contributed by atoms with E-state index in [1.807, 2.05) is 30.3 Å². The van der Waals surface area contributed by atoms with Gasteiger partial charge in [0.05, 0.1) is 6.04 Å². The van der Waals surface area contributed by atoms with Crippen LogP contribution < -0.4 is 15.4 Å². The van der Waals surface area contributed by atoms with Gasteiger partial charge >= 0.3 is 6.03 Å². The first kappa shape index (κ1) is 17.8. The van der Waals surface area contributed by atoms with E-state index in [1.165, 1.54) is 31.2 Å². The Morgan fingerprint density at radius 2 is 1.85 bits per heavy atom. The van der Waals surface area contributed by atoms with Crippen LogP contribution in [0.25, 0.3) is 0 Å². The van der Waals surface area contributed by atoms with Gasteiger partial charge in [0, 0.05) is 18.3 Å². The van der Waals surface area contributed by atoms with Gasteiger partial charge in [0.2, 0.25) is 5.88 Å². The lowest BCUT2D eigenvalue weighted by Gasteiger charge is -2.20. The van der Waals surface area contributed by atoms with Gasteiger partial charge in [-0.1, -0.05) is 36.4 Å². The minimum absolute atomic E-state index is 0.0781. The highest BCUT2D eigenvalue weighted by Gasteiger charge is 2.33. The van der Waals surface area contributed by atoms with Crippen LogP contribution in [0.4, 0.5) is 4.79 Å². The predicted octanol–water partition coefficient (Wildman–Crippen LogP) is 4.35. The normalized spacial score (nSPS) is 18.1. The van der Waals surface area contributed by atoms with Crippen molar-refractivity contribution >= 4 is 6.03 Å². The van der Waals surface area contributed by atoms with Crippen LogP contribution in [0.3, 0.4) is 0 Å². The minimum Gasteiger partial charge on any atom is -0.474 e. The summed E-state index contributed by atoms with van der Waals surface area (Å²) in [6, 6.07) is 14.0. The molecule has 0 aliphatic heterocycles. The summed E-state index contributed by atoms with van der Waals surface area (Å²) in [5.74, 6) is 1.18. The van der Waals surface area contributed by atoms with E-state index in [0.29, 0.717) is 18.3 Å². The Morgan fingerprint density at radius 3 is 2.59 bits per heavy atom. The third-order valence-corrected chi connectivity index (χ3v) is 5.41. The van der Waals surface area contributed by atoms with Gasteiger partial charge in [0.25, 0.3) is 0 Å². The van der Waals surface area contributed by atoms with Crippen molar-refractivity contribution in [3.63, 3.8) is 0 Å². The predicted molar refractivity (Wildman–Crippen MR) is 104 cm³/mol. The zero-order valence-corrected chi connectivity index (χ0v) is 15.6. The second kappa shape index (κ2) is 8.42. The number of rotatable bonds is 7. The molecular formula is C22H27N3O2. The molecule has 2 N–H and O–H groups in total. The molecule has 27 heavy (non-hydrogen) atoms. The molecule has 5 nitrogen and oxygen atoms in total. The van der Waals surface area contributed by atoms with Crippen LogP contribution in [-0.2, 0) is 6.54 Å². The molecule has 1 atom stereocenters. The van der Waals surface area contributed by atoms with E-state index < -0.39 is 0 Å². The maximum absolute atomic E-state index is 12.5. The number of carbonyl (C=O) groups excluding carboxylic acids is 1. The molecule has 2 aliphatic carbocycles. The number of pyridine rings is 1. The summed E-state index contributed by atoms with van der Waals surface area (Å²) < 4.78 is 6.05. The van der Waals surface area contributed by atoms with Crippen LogP contribution in [0.2, 0.25) is 0 Å². The van der Waals surface area contributed by atoms with Gasteiger partial charge in [-0.25, -0.2) is 9.78 Å². The largest absolute Gasteiger partial charge is 0.474 e. The molecule has 1 aromatic carbocycles. The molecule has 1 aromatic heterocycles. The molecular weight excluding hydrogens is 338 g/mol. The van der Waals surface area contributed by atoms with Crippen LogP contribution in [0, 0.1) is 5.92 Å². The molecule has 142 valence electrons. The lowest BCUT2D eigenvalue weighted by atomic mass is 10.0. The summed E-state index contributed by atoms with van der Waals surface area (Å²) in [6.45, 7) is 0.411. The van der Waals surface area contributed by atoms with E-state index in [1.54, 1.807) is 6.20 Å². The molecule has 0 bridgehead atoms. The summed E-state index contributed by atoms with van der Waals surface area (Å²) in [6.07, 6.45) is 8.94. The Hall–Kier alpha value is -2.56. The maximum atomic E-state index is 12.5. The number of hydrogen-bond donors (Lipinski definition) is 2. The average Bonchev–Trinajstić information content (AvgIpc) is 3.42. The molecule has 1 heterocycles. The summed E-state index contributed by atoms with van der Waals surface area (Å²) in [7, 11) is 0. The van der Waals surface area contributed by atoms with Crippen molar-refractivity contribution in [3.8, 4) is 5.88 Å². The van der Waals surface area contributed by atoms with E-state index in [0.717, 1.165) is 18.4 Å². The van der Waals surface area contributed by atoms with E-state index in [4.69, 9.17) is 4.74 Å². The van der Waals surface area contributed by atoms with Crippen molar-refractivity contribution in [1.29, 1.82) is 0 Å². The summed E-state index contributed by atoms with van der Waals surface area (Å²) in [4.78, 5) is 16.9. The average molecular weight is 365 g/mol. The van der Waals surface area contributed by atoms with Gasteiger partial charge in [-0.3, -0.25) is 0 Å². The molecule has 2 amide bonds. The monoisotopic (exact) mass is 365 g/mol. The lowest BCUT2D eigenvalue weighted by molar-refractivity contribution is 0.198. The van der Waals surface area contributed by atoms with E-state index in [9.17, 15) is 4.79 Å². The highest BCUT2D eigenvalue weighted by molar-refractivity contribution is 5.74. The lowest BCUT2D eigenvalue weighted by Crippen LogP contribution is -2.38. The van der Waals surface area contributed by atoms with Gasteiger partial charge in [-0.05, 0) is 56.1 Å². The van der Waals surface area contributed by atoms with Crippen LogP contribution in [0.1, 0.15) is 55.7 Å². The number of nitrogens with one attached hydrogen (secondary N) is 2. The number of hydrogen-bond acceptors (Lipinski definition) is 3. The first-order valence-electron chi connectivity index (χ1n) is 9.99. The van der Waals surface area contributed by atoms with Gasteiger partial charge in [-0.2, -0.15) is 0 Å². The van der Waals surface area contributed by atoms with Crippen LogP contribution in [0.5, 0.6) is 5.88 Å². The minimum atomic E-state index is -0.147. The molecule has 0 spiro atoms. The maximum Gasteiger partial charge on any atom is 0.315 e. The molecule has 4 rings (SSSR count). The number of urea groups is 1. The highest BCUT2D eigenvalue weighted by Crippen LogP contribution is 2.40. The second-order valence-corrected chi connectivity index (χ2v) is 7.54. The van der Waals surface area contributed by atoms with Crippen molar-refractivity contribution in [2.45, 2.75) is 57.2 Å². The van der Waals surface area contributed by atoms with Crippen molar-refractivity contribution in [1.82, 2.24) is 15.6 Å². The topological polar surface area (TPSA) is 63.2 Å². The standard InChI is InChI=1S/C22H27N3O2/c26-22(25-20(17-12-13-17)16-7-2-1-3-8-16)24-15-18-9-6-14-23-21(18)27-19-10-4-5-11-19/h1-3,6-9,14,17,19-20H,4-5,10-13,15H2,(H2,24,25,26). The fourth-order valence-electron chi connectivity index (χ4n) is 3.76. The third-order valence-electron chi connectivity index (χ3n) is 5.41. The quantitative estimate of drug-likeness (QED) is 0.766. The molecule has 0 radical (unpaired) electrons. The third kappa shape index (κ3) is 4.79. The van der Waals surface area contributed by atoms with Crippen LogP contribution in [-0.4, -0.2) is 17.1 Å². The van der Waals surface area contributed by atoms with Crippen molar-refractivity contribution in [3.05, 3.63) is 59.8 Å². The molecule has 2 fully saturated rings. The Balaban J connectivity index is 1.35.